The molecule has 1 aromatic heterocycles. The summed E-state index contributed by atoms with van der Waals surface area (Å²) in [7, 11) is 0. The van der Waals surface area contributed by atoms with Crippen LogP contribution in [0.4, 0.5) is 0 Å². The molecule has 0 saturated carbocycles. The van der Waals surface area contributed by atoms with Gasteiger partial charge in [-0.25, -0.2) is 0 Å². The third-order valence-corrected chi connectivity index (χ3v) is 1.39. The van der Waals surface area contributed by atoms with Gasteiger partial charge in [0.25, 0.3) is 0 Å². The molecule has 1 aromatic rings. The second-order valence-electron chi connectivity index (χ2n) is 2.21. The zero-order valence-electron chi connectivity index (χ0n) is 5.85. The van der Waals surface area contributed by atoms with E-state index in [0.29, 0.717) is 6.54 Å². The van der Waals surface area contributed by atoms with Gasteiger partial charge in [-0.05, 0) is 6.92 Å². The molecule has 0 atom stereocenters. The number of hydrogen-bond donors (Lipinski definition) is 2. The third kappa shape index (κ3) is 1.25. The van der Waals surface area contributed by atoms with E-state index >= 15 is 0 Å². The summed E-state index contributed by atoms with van der Waals surface area (Å²) in [6.45, 7) is 2.15. The van der Waals surface area contributed by atoms with E-state index < -0.39 is 0 Å². The van der Waals surface area contributed by atoms with Gasteiger partial charge >= 0.3 is 0 Å². The van der Waals surface area contributed by atoms with Gasteiger partial charge in [0.15, 0.2) is 5.43 Å². The number of H-pyrrole nitrogens is 1. The molecule has 54 valence electrons. The van der Waals surface area contributed by atoms with Crippen LogP contribution in [0.1, 0.15) is 11.3 Å². The van der Waals surface area contributed by atoms with Gasteiger partial charge < -0.3 is 10.7 Å². The van der Waals surface area contributed by atoms with Crippen molar-refractivity contribution in [1.29, 1.82) is 0 Å². The number of aromatic amines is 1. The molecule has 10 heavy (non-hydrogen) atoms. The standard InChI is InChI=1S/C7H10N2O/c1-5-4-9-6(3-8)2-7(5)10/h2,4H,3,8H2,1H3,(H,9,10). The van der Waals surface area contributed by atoms with E-state index in [-0.39, 0.29) is 5.43 Å². The number of nitrogens with two attached hydrogens (primary N) is 1. The number of aromatic nitrogens is 1. The van der Waals surface area contributed by atoms with Crippen LogP contribution >= 0.6 is 0 Å². The van der Waals surface area contributed by atoms with Crippen molar-refractivity contribution in [3.63, 3.8) is 0 Å². The lowest BCUT2D eigenvalue weighted by Crippen LogP contribution is -2.09. The molecular formula is C7H10N2O. The second kappa shape index (κ2) is 2.66. The molecule has 0 fully saturated rings. The zero-order valence-corrected chi connectivity index (χ0v) is 5.85. The first kappa shape index (κ1) is 7.02. The third-order valence-electron chi connectivity index (χ3n) is 1.39. The number of hydrogen-bond acceptors (Lipinski definition) is 2. The normalized spacial score (nSPS) is 9.80. The summed E-state index contributed by atoms with van der Waals surface area (Å²) in [4.78, 5) is 13.8. The van der Waals surface area contributed by atoms with Crippen molar-refractivity contribution in [3.8, 4) is 0 Å². The molecule has 0 aliphatic carbocycles. The summed E-state index contributed by atoms with van der Waals surface area (Å²) in [5.41, 5.74) is 6.83. The average molecular weight is 138 g/mol. The predicted octanol–water partition coefficient (Wildman–Crippen LogP) is 0.142. The molecule has 3 heteroatoms. The summed E-state index contributed by atoms with van der Waals surface area (Å²) < 4.78 is 0. The van der Waals surface area contributed by atoms with Crippen LogP contribution in [0, 0.1) is 6.92 Å². The molecule has 0 saturated heterocycles. The maximum absolute atomic E-state index is 10.9. The minimum Gasteiger partial charge on any atom is -0.363 e. The monoisotopic (exact) mass is 138 g/mol. The summed E-state index contributed by atoms with van der Waals surface area (Å²) in [6.07, 6.45) is 1.67. The van der Waals surface area contributed by atoms with Crippen LogP contribution in [0.3, 0.4) is 0 Å². The van der Waals surface area contributed by atoms with Crippen LogP contribution in [0.25, 0.3) is 0 Å². The summed E-state index contributed by atoms with van der Waals surface area (Å²) >= 11 is 0. The van der Waals surface area contributed by atoms with Crippen LogP contribution in [-0.4, -0.2) is 4.98 Å². The Morgan fingerprint density at radius 3 is 2.90 bits per heavy atom. The van der Waals surface area contributed by atoms with Crippen molar-refractivity contribution in [2.45, 2.75) is 13.5 Å². The Balaban J connectivity index is 3.17. The quantitative estimate of drug-likeness (QED) is 0.580. The van der Waals surface area contributed by atoms with Crippen molar-refractivity contribution in [2.75, 3.05) is 0 Å². The van der Waals surface area contributed by atoms with Gasteiger partial charge in [-0.2, -0.15) is 0 Å². The van der Waals surface area contributed by atoms with Gasteiger partial charge in [0.1, 0.15) is 0 Å². The number of nitrogens with one attached hydrogen (secondary N) is 1. The maximum atomic E-state index is 10.9. The first-order chi connectivity index (χ1) is 4.74. The highest BCUT2D eigenvalue weighted by molar-refractivity contribution is 5.12. The van der Waals surface area contributed by atoms with Crippen molar-refractivity contribution >= 4 is 0 Å². The molecule has 0 amide bonds. The second-order valence-corrected chi connectivity index (χ2v) is 2.21. The Kier molecular flexibility index (Phi) is 1.87. The van der Waals surface area contributed by atoms with E-state index in [0.717, 1.165) is 11.3 Å². The molecule has 3 nitrogen and oxygen atoms in total. The fraction of sp³-hybridized carbons (Fsp3) is 0.286. The molecule has 0 bridgehead atoms. The van der Waals surface area contributed by atoms with E-state index in [9.17, 15) is 4.79 Å². The van der Waals surface area contributed by atoms with Crippen LogP contribution in [0.15, 0.2) is 17.1 Å². The topological polar surface area (TPSA) is 58.9 Å². The predicted molar refractivity (Wildman–Crippen MR) is 39.7 cm³/mol. The number of rotatable bonds is 1. The van der Waals surface area contributed by atoms with Crippen LogP contribution < -0.4 is 11.2 Å². The fourth-order valence-electron chi connectivity index (χ4n) is 0.704. The van der Waals surface area contributed by atoms with Crippen LogP contribution in [0.2, 0.25) is 0 Å². The van der Waals surface area contributed by atoms with Gasteiger partial charge in [-0.1, -0.05) is 0 Å². The molecule has 0 unspecified atom stereocenters. The van der Waals surface area contributed by atoms with Crippen molar-refractivity contribution < 1.29 is 0 Å². The molecule has 0 radical (unpaired) electrons. The lowest BCUT2D eigenvalue weighted by molar-refractivity contribution is 0.978. The number of pyridine rings is 1. The smallest absolute Gasteiger partial charge is 0.184 e. The molecule has 1 heterocycles. The minimum atomic E-state index is 0.0409. The van der Waals surface area contributed by atoms with E-state index in [4.69, 9.17) is 5.73 Å². The first-order valence-electron chi connectivity index (χ1n) is 3.12. The van der Waals surface area contributed by atoms with E-state index in [1.807, 2.05) is 0 Å². The van der Waals surface area contributed by atoms with Gasteiger partial charge in [0, 0.05) is 30.1 Å². The molecule has 0 aliphatic heterocycles. The average Bonchev–Trinajstić information content (AvgIpc) is 1.95. The zero-order chi connectivity index (χ0) is 7.56. The molecule has 0 aromatic carbocycles. The lowest BCUT2D eigenvalue weighted by atomic mass is 10.2. The largest absolute Gasteiger partial charge is 0.363 e. The Labute approximate surface area is 58.9 Å². The number of aryl methyl sites for hydroxylation is 1. The van der Waals surface area contributed by atoms with E-state index in [2.05, 4.69) is 4.98 Å². The SMILES string of the molecule is Cc1c[nH]c(CN)cc1=O. The lowest BCUT2D eigenvalue weighted by Gasteiger charge is -1.95. The van der Waals surface area contributed by atoms with Crippen LogP contribution in [0.5, 0.6) is 0 Å². The van der Waals surface area contributed by atoms with Gasteiger partial charge in [0.05, 0.1) is 0 Å². The summed E-state index contributed by atoms with van der Waals surface area (Å²) in [6, 6.07) is 1.52. The highest BCUT2D eigenvalue weighted by Gasteiger charge is 1.92. The Morgan fingerprint density at radius 2 is 2.40 bits per heavy atom. The minimum absolute atomic E-state index is 0.0409. The molecule has 1 rings (SSSR count). The van der Waals surface area contributed by atoms with Crippen molar-refractivity contribution in [2.24, 2.45) is 5.73 Å². The highest BCUT2D eigenvalue weighted by atomic mass is 16.1. The molecule has 0 spiro atoms. The Hall–Kier alpha value is -1.09. The van der Waals surface area contributed by atoms with Crippen LogP contribution in [-0.2, 0) is 6.54 Å². The van der Waals surface area contributed by atoms with E-state index in [1.54, 1.807) is 13.1 Å². The van der Waals surface area contributed by atoms with Gasteiger partial charge in [-0.3, -0.25) is 4.79 Å². The Morgan fingerprint density at radius 1 is 1.70 bits per heavy atom. The summed E-state index contributed by atoms with van der Waals surface area (Å²) in [5.74, 6) is 0. The van der Waals surface area contributed by atoms with Crippen molar-refractivity contribution in [3.05, 3.63) is 33.7 Å². The molecular weight excluding hydrogens is 128 g/mol. The molecule has 3 N–H and O–H groups in total. The van der Waals surface area contributed by atoms with Crippen molar-refractivity contribution in [1.82, 2.24) is 4.98 Å². The highest BCUT2D eigenvalue weighted by Crippen LogP contribution is 1.88. The van der Waals surface area contributed by atoms with E-state index in [1.165, 1.54) is 6.07 Å². The van der Waals surface area contributed by atoms with Gasteiger partial charge in [0.2, 0.25) is 0 Å². The molecule has 0 aliphatic rings. The first-order valence-corrected chi connectivity index (χ1v) is 3.12. The fourth-order valence-corrected chi connectivity index (χ4v) is 0.704. The maximum Gasteiger partial charge on any atom is 0.184 e. The van der Waals surface area contributed by atoms with Gasteiger partial charge in [-0.15, -0.1) is 0 Å². The summed E-state index contributed by atoms with van der Waals surface area (Å²) in [5, 5.41) is 0. The Bertz CT molecular complexity index is 277.